The monoisotopic (exact) mass is 203 g/mol. The SMILES string of the molecule is C=C(CCC#N)N1N=CN=C(N)C1=CC. The predicted molar refractivity (Wildman–Crippen MR) is 59.7 cm³/mol. The van der Waals surface area contributed by atoms with E-state index in [2.05, 4.69) is 22.7 Å². The Morgan fingerprint density at radius 3 is 3.13 bits per heavy atom. The highest BCUT2D eigenvalue weighted by molar-refractivity contribution is 6.01. The topological polar surface area (TPSA) is 77.8 Å². The van der Waals surface area contributed by atoms with E-state index in [0.717, 1.165) is 5.70 Å². The van der Waals surface area contributed by atoms with Crippen LogP contribution in [0.25, 0.3) is 0 Å². The number of nitrogens with two attached hydrogens (primary N) is 1. The molecule has 5 nitrogen and oxygen atoms in total. The van der Waals surface area contributed by atoms with Gasteiger partial charge in [0.15, 0.2) is 5.84 Å². The second-order valence-electron chi connectivity index (χ2n) is 2.96. The third kappa shape index (κ3) is 2.44. The molecule has 78 valence electrons. The zero-order valence-corrected chi connectivity index (χ0v) is 8.64. The van der Waals surface area contributed by atoms with Gasteiger partial charge in [0.1, 0.15) is 12.0 Å². The molecule has 0 fully saturated rings. The average Bonchev–Trinajstić information content (AvgIpc) is 2.25. The molecule has 0 amide bonds. The fourth-order valence-corrected chi connectivity index (χ4v) is 1.20. The first-order valence-electron chi connectivity index (χ1n) is 4.58. The van der Waals surface area contributed by atoms with Crippen LogP contribution in [0.3, 0.4) is 0 Å². The van der Waals surface area contributed by atoms with Crippen molar-refractivity contribution in [3.05, 3.63) is 24.0 Å². The second-order valence-corrected chi connectivity index (χ2v) is 2.96. The van der Waals surface area contributed by atoms with E-state index in [1.54, 1.807) is 5.01 Å². The standard InChI is InChI=1S/C10H13N5/c1-3-9-10(12)13-7-14-15(9)8(2)5-4-6-11/h3,7H,2,4-5H2,1H3,(H2,12,13,14). The van der Waals surface area contributed by atoms with Crippen LogP contribution in [0.5, 0.6) is 0 Å². The fourth-order valence-electron chi connectivity index (χ4n) is 1.20. The van der Waals surface area contributed by atoms with Crippen molar-refractivity contribution in [2.75, 3.05) is 0 Å². The van der Waals surface area contributed by atoms with Crippen molar-refractivity contribution in [2.24, 2.45) is 15.8 Å². The minimum atomic E-state index is 0.408. The van der Waals surface area contributed by atoms with Gasteiger partial charge in [-0.25, -0.2) is 10.0 Å². The van der Waals surface area contributed by atoms with Gasteiger partial charge in [0.05, 0.1) is 6.07 Å². The molecule has 5 heteroatoms. The molecule has 15 heavy (non-hydrogen) atoms. The molecule has 0 unspecified atom stereocenters. The highest BCUT2D eigenvalue weighted by atomic mass is 15.5. The third-order valence-corrected chi connectivity index (χ3v) is 1.95. The van der Waals surface area contributed by atoms with E-state index in [-0.39, 0.29) is 0 Å². The van der Waals surface area contributed by atoms with Gasteiger partial charge in [-0.2, -0.15) is 10.4 Å². The Kier molecular flexibility index (Phi) is 3.63. The summed E-state index contributed by atoms with van der Waals surface area (Å²) in [5.74, 6) is 0.408. The van der Waals surface area contributed by atoms with Crippen molar-refractivity contribution >= 4 is 12.2 Å². The first-order chi connectivity index (χ1) is 7.20. The highest BCUT2D eigenvalue weighted by Gasteiger charge is 2.16. The molecule has 0 aliphatic carbocycles. The first-order valence-corrected chi connectivity index (χ1v) is 4.58. The van der Waals surface area contributed by atoms with E-state index in [0.29, 0.717) is 24.4 Å². The molecule has 0 bridgehead atoms. The molecule has 1 rings (SSSR count). The van der Waals surface area contributed by atoms with Crippen molar-refractivity contribution in [2.45, 2.75) is 19.8 Å². The van der Waals surface area contributed by atoms with Crippen LogP contribution in [0, 0.1) is 11.3 Å². The Labute approximate surface area is 88.9 Å². The zero-order chi connectivity index (χ0) is 11.3. The van der Waals surface area contributed by atoms with Crippen molar-refractivity contribution in [1.29, 1.82) is 5.26 Å². The number of rotatable bonds is 3. The number of amidine groups is 1. The van der Waals surface area contributed by atoms with Crippen LogP contribution in [0.4, 0.5) is 0 Å². The van der Waals surface area contributed by atoms with Gasteiger partial charge in [-0.3, -0.25) is 0 Å². The Balaban J connectivity index is 2.79. The van der Waals surface area contributed by atoms with Crippen LogP contribution < -0.4 is 5.73 Å². The number of nitriles is 1. The van der Waals surface area contributed by atoms with Gasteiger partial charge >= 0.3 is 0 Å². The van der Waals surface area contributed by atoms with Gasteiger partial charge in [0.25, 0.3) is 0 Å². The van der Waals surface area contributed by atoms with Crippen molar-refractivity contribution < 1.29 is 0 Å². The third-order valence-electron chi connectivity index (χ3n) is 1.95. The lowest BCUT2D eigenvalue weighted by Gasteiger charge is -2.24. The summed E-state index contributed by atoms with van der Waals surface area (Å²) >= 11 is 0. The number of aliphatic imine (C=N–C) groups is 1. The maximum absolute atomic E-state index is 8.48. The van der Waals surface area contributed by atoms with Gasteiger partial charge in [0.2, 0.25) is 0 Å². The molecular formula is C10H13N5. The summed E-state index contributed by atoms with van der Waals surface area (Å²) in [6, 6.07) is 2.06. The lowest BCUT2D eigenvalue weighted by atomic mass is 10.2. The molecule has 1 heterocycles. The Bertz CT molecular complexity index is 383. The zero-order valence-electron chi connectivity index (χ0n) is 8.64. The van der Waals surface area contributed by atoms with Crippen LogP contribution in [-0.4, -0.2) is 17.2 Å². The van der Waals surface area contributed by atoms with E-state index in [4.69, 9.17) is 11.0 Å². The molecule has 0 aromatic carbocycles. The molecule has 0 saturated heterocycles. The maximum atomic E-state index is 8.48. The summed E-state index contributed by atoms with van der Waals surface area (Å²) in [5, 5.41) is 14.1. The summed E-state index contributed by atoms with van der Waals surface area (Å²) in [6.45, 7) is 5.71. The number of hydrazone groups is 1. The summed E-state index contributed by atoms with van der Waals surface area (Å²) < 4.78 is 0. The van der Waals surface area contributed by atoms with E-state index >= 15 is 0 Å². The quantitative estimate of drug-likeness (QED) is 0.751. The lowest BCUT2D eigenvalue weighted by Crippen LogP contribution is -2.30. The smallest absolute Gasteiger partial charge is 0.150 e. The minimum Gasteiger partial charge on any atom is -0.382 e. The maximum Gasteiger partial charge on any atom is 0.150 e. The Morgan fingerprint density at radius 2 is 2.53 bits per heavy atom. The van der Waals surface area contributed by atoms with Crippen LogP contribution in [-0.2, 0) is 0 Å². The van der Waals surface area contributed by atoms with Gasteiger partial charge in [-0.1, -0.05) is 12.7 Å². The van der Waals surface area contributed by atoms with Crippen LogP contribution in [0.2, 0.25) is 0 Å². The van der Waals surface area contributed by atoms with Gasteiger partial charge < -0.3 is 5.73 Å². The summed E-state index contributed by atoms with van der Waals surface area (Å²) in [5.41, 5.74) is 7.13. The van der Waals surface area contributed by atoms with E-state index < -0.39 is 0 Å². The molecule has 0 radical (unpaired) electrons. The summed E-state index contributed by atoms with van der Waals surface area (Å²) in [4.78, 5) is 3.88. The molecule has 1 aliphatic rings. The average molecular weight is 203 g/mol. The minimum absolute atomic E-state index is 0.408. The predicted octanol–water partition coefficient (Wildman–Crippen LogP) is 1.32. The van der Waals surface area contributed by atoms with Crippen LogP contribution in [0.15, 0.2) is 34.1 Å². The number of hydrogen-bond acceptors (Lipinski definition) is 5. The van der Waals surface area contributed by atoms with Crippen molar-refractivity contribution in [3.8, 4) is 6.07 Å². The second kappa shape index (κ2) is 4.96. The molecule has 2 N–H and O–H groups in total. The molecule has 0 spiro atoms. The lowest BCUT2D eigenvalue weighted by molar-refractivity contribution is 0.455. The van der Waals surface area contributed by atoms with Gasteiger partial charge in [-0.05, 0) is 6.92 Å². The van der Waals surface area contributed by atoms with Crippen LogP contribution >= 0.6 is 0 Å². The van der Waals surface area contributed by atoms with Gasteiger partial charge in [0, 0.05) is 18.5 Å². The molecule has 0 aromatic heterocycles. The van der Waals surface area contributed by atoms with Crippen LogP contribution in [0.1, 0.15) is 19.8 Å². The van der Waals surface area contributed by atoms with Crippen molar-refractivity contribution in [1.82, 2.24) is 5.01 Å². The molecular weight excluding hydrogens is 190 g/mol. The van der Waals surface area contributed by atoms with E-state index in [1.807, 2.05) is 13.0 Å². The first kappa shape index (κ1) is 11.0. The summed E-state index contributed by atoms with van der Waals surface area (Å²) in [7, 11) is 0. The Morgan fingerprint density at radius 1 is 1.80 bits per heavy atom. The molecule has 0 aromatic rings. The van der Waals surface area contributed by atoms with E-state index in [9.17, 15) is 0 Å². The number of hydrogen-bond donors (Lipinski definition) is 1. The fraction of sp³-hybridized carbons (Fsp3) is 0.300. The summed E-state index contributed by atoms with van der Waals surface area (Å²) in [6.07, 6.45) is 4.17. The number of nitrogens with zero attached hydrogens (tertiary/aromatic N) is 4. The van der Waals surface area contributed by atoms with Crippen molar-refractivity contribution in [3.63, 3.8) is 0 Å². The molecule has 1 aliphatic heterocycles. The molecule has 0 atom stereocenters. The number of allylic oxidation sites excluding steroid dienone is 2. The highest BCUT2D eigenvalue weighted by Crippen LogP contribution is 2.18. The molecule has 0 saturated carbocycles. The largest absolute Gasteiger partial charge is 0.382 e. The normalized spacial score (nSPS) is 17.5. The van der Waals surface area contributed by atoms with E-state index in [1.165, 1.54) is 6.34 Å². The van der Waals surface area contributed by atoms with Gasteiger partial charge in [-0.15, -0.1) is 0 Å². The Hall–Kier alpha value is -2.09.